The van der Waals surface area contributed by atoms with Crippen molar-refractivity contribution >= 4 is 23.3 Å². The monoisotopic (exact) mass is 349 g/mol. The number of nitrogens with zero attached hydrogens (tertiary/aromatic N) is 3. The second-order valence-electron chi connectivity index (χ2n) is 6.70. The third-order valence-electron chi connectivity index (χ3n) is 4.12. The van der Waals surface area contributed by atoms with Crippen LogP contribution in [0.5, 0.6) is 0 Å². The van der Waals surface area contributed by atoms with Crippen LogP contribution in [-0.4, -0.2) is 45.5 Å². The molecule has 134 valence electrons. The third-order valence-corrected chi connectivity index (χ3v) is 4.12. The van der Waals surface area contributed by atoms with E-state index >= 15 is 0 Å². The lowest BCUT2D eigenvalue weighted by molar-refractivity contribution is -0.384. The van der Waals surface area contributed by atoms with Crippen molar-refractivity contribution in [3.8, 4) is 0 Å². The molecule has 0 bridgehead atoms. The second-order valence-corrected chi connectivity index (χ2v) is 6.70. The van der Waals surface area contributed by atoms with E-state index in [9.17, 15) is 24.8 Å². The molecule has 1 amide bonds. The number of ether oxygens (including phenoxy) is 1. The van der Waals surface area contributed by atoms with Crippen LogP contribution in [0.4, 0.5) is 5.69 Å². The smallest absolute Gasteiger partial charge is 0.354 e. The number of carbonyl (C=O) groups is 2. The number of hydrogen-bond donors (Lipinski definition) is 1. The van der Waals surface area contributed by atoms with Crippen molar-refractivity contribution in [2.75, 3.05) is 7.11 Å². The van der Waals surface area contributed by atoms with E-state index in [2.05, 4.69) is 9.84 Å². The van der Waals surface area contributed by atoms with Crippen molar-refractivity contribution < 1.29 is 24.4 Å². The van der Waals surface area contributed by atoms with Crippen LogP contribution in [0.15, 0.2) is 29.4 Å². The molecule has 1 aliphatic rings. The molecular weight excluding hydrogens is 330 g/mol. The van der Waals surface area contributed by atoms with Gasteiger partial charge in [0.25, 0.3) is 11.6 Å². The molecular formula is C16H19N3O6. The van der Waals surface area contributed by atoms with Gasteiger partial charge in [0.15, 0.2) is 11.4 Å². The van der Waals surface area contributed by atoms with Crippen LogP contribution in [0.2, 0.25) is 0 Å². The van der Waals surface area contributed by atoms with Gasteiger partial charge in [0.1, 0.15) is 0 Å². The van der Waals surface area contributed by atoms with E-state index in [0.717, 1.165) is 5.01 Å². The molecule has 1 aromatic rings. The molecule has 0 aliphatic carbocycles. The van der Waals surface area contributed by atoms with Crippen molar-refractivity contribution in [2.45, 2.75) is 32.9 Å². The molecule has 1 atom stereocenters. The molecule has 2 rings (SSSR count). The number of carbonyl (C=O) groups excluding carboxylic acids is 2. The van der Waals surface area contributed by atoms with Gasteiger partial charge in [0, 0.05) is 29.5 Å². The van der Waals surface area contributed by atoms with E-state index in [4.69, 9.17) is 0 Å². The van der Waals surface area contributed by atoms with Gasteiger partial charge in [-0.3, -0.25) is 14.9 Å². The lowest BCUT2D eigenvalue weighted by atomic mass is 9.80. The van der Waals surface area contributed by atoms with Crippen LogP contribution in [0, 0.1) is 15.5 Å². The summed E-state index contributed by atoms with van der Waals surface area (Å²) in [4.78, 5) is 34.7. The van der Waals surface area contributed by atoms with Crippen LogP contribution in [0.25, 0.3) is 0 Å². The molecule has 0 unspecified atom stereocenters. The number of benzene rings is 1. The SMILES string of the molecule is COC(=O)C1=NN(C(=O)c2ccc([N+](=O)[O-])cc2)[C@@](O)(C(C)(C)C)C1. The normalized spacial score (nSPS) is 20.2. The van der Waals surface area contributed by atoms with Crippen LogP contribution in [-0.2, 0) is 9.53 Å². The molecule has 25 heavy (non-hydrogen) atoms. The molecule has 1 aliphatic heterocycles. The first kappa shape index (κ1) is 18.5. The summed E-state index contributed by atoms with van der Waals surface area (Å²) in [7, 11) is 1.18. The Morgan fingerprint density at radius 3 is 2.32 bits per heavy atom. The van der Waals surface area contributed by atoms with E-state index in [0.29, 0.717) is 0 Å². The Hall–Kier alpha value is -2.81. The number of non-ortho nitro benzene ring substituents is 1. The quantitative estimate of drug-likeness (QED) is 0.503. The Kier molecular flexibility index (Phi) is 4.63. The van der Waals surface area contributed by atoms with Gasteiger partial charge in [-0.2, -0.15) is 10.1 Å². The molecule has 1 heterocycles. The number of nitro benzene ring substituents is 1. The van der Waals surface area contributed by atoms with Gasteiger partial charge in [-0.25, -0.2) is 4.79 Å². The number of amides is 1. The molecule has 0 saturated carbocycles. The molecule has 9 heteroatoms. The fourth-order valence-electron chi connectivity index (χ4n) is 2.42. The number of nitro groups is 1. The predicted octanol–water partition coefficient (Wildman–Crippen LogP) is 1.70. The summed E-state index contributed by atoms with van der Waals surface area (Å²) < 4.78 is 4.62. The van der Waals surface area contributed by atoms with Crippen molar-refractivity contribution in [1.82, 2.24) is 5.01 Å². The first-order valence-electron chi connectivity index (χ1n) is 7.48. The topological polar surface area (TPSA) is 122 Å². The zero-order valence-electron chi connectivity index (χ0n) is 14.3. The first-order chi connectivity index (χ1) is 11.5. The summed E-state index contributed by atoms with van der Waals surface area (Å²) >= 11 is 0. The van der Waals surface area contributed by atoms with Crippen molar-refractivity contribution in [2.24, 2.45) is 10.5 Å². The first-order valence-corrected chi connectivity index (χ1v) is 7.48. The molecule has 0 aromatic heterocycles. The summed E-state index contributed by atoms with van der Waals surface area (Å²) in [5.74, 6) is -1.41. The Morgan fingerprint density at radius 2 is 1.88 bits per heavy atom. The third kappa shape index (κ3) is 3.22. The summed E-state index contributed by atoms with van der Waals surface area (Å²) in [5, 5.41) is 26.6. The zero-order valence-corrected chi connectivity index (χ0v) is 14.3. The van der Waals surface area contributed by atoms with Gasteiger partial charge in [-0.1, -0.05) is 20.8 Å². The fourth-order valence-corrected chi connectivity index (χ4v) is 2.42. The summed E-state index contributed by atoms with van der Waals surface area (Å²) in [6.07, 6.45) is -0.179. The molecule has 0 radical (unpaired) electrons. The molecule has 9 nitrogen and oxygen atoms in total. The lowest BCUT2D eigenvalue weighted by Crippen LogP contribution is -2.55. The van der Waals surface area contributed by atoms with E-state index in [1.165, 1.54) is 31.4 Å². The van der Waals surface area contributed by atoms with Gasteiger partial charge in [0.05, 0.1) is 12.0 Å². The minimum absolute atomic E-state index is 0.0739. The molecule has 0 spiro atoms. The van der Waals surface area contributed by atoms with Crippen LogP contribution < -0.4 is 0 Å². The lowest BCUT2D eigenvalue weighted by Gasteiger charge is -2.41. The Morgan fingerprint density at radius 1 is 1.32 bits per heavy atom. The highest BCUT2D eigenvalue weighted by atomic mass is 16.6. The Bertz CT molecular complexity index is 750. The van der Waals surface area contributed by atoms with E-state index < -0.39 is 27.9 Å². The predicted molar refractivity (Wildman–Crippen MR) is 87.7 cm³/mol. The van der Waals surface area contributed by atoms with Gasteiger partial charge < -0.3 is 9.84 Å². The van der Waals surface area contributed by atoms with Crippen molar-refractivity contribution in [3.63, 3.8) is 0 Å². The molecule has 1 aromatic carbocycles. The largest absolute Gasteiger partial charge is 0.464 e. The Balaban J connectivity index is 2.44. The maximum Gasteiger partial charge on any atom is 0.354 e. The summed E-state index contributed by atoms with van der Waals surface area (Å²) in [5.41, 5.74) is -2.70. The van der Waals surface area contributed by atoms with Crippen molar-refractivity contribution in [1.29, 1.82) is 0 Å². The minimum Gasteiger partial charge on any atom is -0.464 e. The molecule has 1 N–H and O–H groups in total. The number of aliphatic hydroxyl groups is 1. The minimum atomic E-state index is -1.74. The highest BCUT2D eigenvalue weighted by molar-refractivity contribution is 6.37. The fraction of sp³-hybridized carbons (Fsp3) is 0.438. The van der Waals surface area contributed by atoms with Gasteiger partial charge in [-0.05, 0) is 12.1 Å². The average Bonchev–Trinajstić information content (AvgIpc) is 2.92. The number of methoxy groups -OCH3 is 1. The highest BCUT2D eigenvalue weighted by Gasteiger charge is 2.54. The standard InChI is InChI=1S/C16H19N3O6/c1-15(2,3)16(22)9-12(14(21)25-4)17-18(16)13(20)10-5-7-11(8-6-10)19(23)24/h5-8,22H,9H2,1-4H3/t16-/m0/s1. The van der Waals surface area contributed by atoms with Gasteiger partial charge in [0.2, 0.25) is 0 Å². The van der Waals surface area contributed by atoms with E-state index in [-0.39, 0.29) is 23.4 Å². The maximum atomic E-state index is 12.8. The maximum absolute atomic E-state index is 12.8. The van der Waals surface area contributed by atoms with Gasteiger partial charge >= 0.3 is 5.97 Å². The molecule has 0 fully saturated rings. The Labute approximate surface area is 144 Å². The summed E-state index contributed by atoms with van der Waals surface area (Å²) in [6, 6.07) is 4.92. The second kappa shape index (κ2) is 6.25. The molecule has 0 saturated heterocycles. The number of rotatable bonds is 3. The van der Waals surface area contributed by atoms with E-state index in [1.807, 2.05) is 0 Å². The number of hydrogen-bond acceptors (Lipinski definition) is 7. The van der Waals surface area contributed by atoms with Crippen LogP contribution in [0.1, 0.15) is 37.6 Å². The number of esters is 1. The van der Waals surface area contributed by atoms with Gasteiger partial charge in [-0.15, -0.1) is 0 Å². The average molecular weight is 349 g/mol. The van der Waals surface area contributed by atoms with Crippen molar-refractivity contribution in [3.05, 3.63) is 39.9 Å². The zero-order chi connectivity index (χ0) is 19.0. The van der Waals surface area contributed by atoms with E-state index in [1.54, 1.807) is 20.8 Å². The summed E-state index contributed by atoms with van der Waals surface area (Å²) in [6.45, 7) is 5.12. The van der Waals surface area contributed by atoms with Crippen LogP contribution >= 0.6 is 0 Å². The van der Waals surface area contributed by atoms with Crippen LogP contribution in [0.3, 0.4) is 0 Å². The number of hydrazone groups is 1. The highest BCUT2D eigenvalue weighted by Crippen LogP contribution is 2.41.